The quantitative estimate of drug-likeness (QED) is 0.627. The van der Waals surface area contributed by atoms with Crippen molar-refractivity contribution >= 4 is 29.1 Å². The van der Waals surface area contributed by atoms with Crippen molar-refractivity contribution in [2.45, 2.75) is 32.4 Å². The number of aliphatic hydroxyl groups is 1. The molecule has 146 valence electrons. The molecule has 1 atom stereocenters. The first-order valence-electron chi connectivity index (χ1n) is 8.39. The normalized spacial score (nSPS) is 18.9. The molecule has 4 N–H and O–H groups in total. The summed E-state index contributed by atoms with van der Waals surface area (Å²) in [6, 6.07) is 6.21. The molecule has 1 aromatic heterocycles. The van der Waals surface area contributed by atoms with Gasteiger partial charge in [0.15, 0.2) is 11.4 Å². The molecule has 1 aliphatic heterocycles. The van der Waals surface area contributed by atoms with E-state index in [0.717, 1.165) is 5.01 Å². The van der Waals surface area contributed by atoms with Crippen molar-refractivity contribution in [1.82, 2.24) is 15.5 Å². The van der Waals surface area contributed by atoms with Gasteiger partial charge in [-0.05, 0) is 31.5 Å². The van der Waals surface area contributed by atoms with Crippen LogP contribution in [-0.4, -0.2) is 44.3 Å². The lowest BCUT2D eigenvalue weighted by Gasteiger charge is -2.20. The van der Waals surface area contributed by atoms with Crippen LogP contribution < -0.4 is 16.1 Å². The first kappa shape index (κ1) is 19.2. The van der Waals surface area contributed by atoms with Crippen molar-refractivity contribution in [2.75, 3.05) is 5.01 Å². The second-order valence-corrected chi connectivity index (χ2v) is 6.13. The molecule has 11 nitrogen and oxygen atoms in total. The van der Waals surface area contributed by atoms with Crippen LogP contribution in [0.15, 0.2) is 33.9 Å². The van der Waals surface area contributed by atoms with Crippen LogP contribution in [0, 0.1) is 0 Å². The molecular weight excluding hydrogens is 368 g/mol. The van der Waals surface area contributed by atoms with Gasteiger partial charge in [-0.25, -0.2) is 0 Å². The van der Waals surface area contributed by atoms with Crippen molar-refractivity contribution in [2.24, 2.45) is 10.8 Å². The number of nitrogens with one attached hydrogen (secondary N) is 1. The number of carbonyl (C=O) groups excluding carboxylic acids is 3. The summed E-state index contributed by atoms with van der Waals surface area (Å²) in [6.45, 7) is 3.17. The van der Waals surface area contributed by atoms with Gasteiger partial charge in [0.1, 0.15) is 0 Å². The number of aromatic nitrogens is 2. The van der Waals surface area contributed by atoms with Crippen molar-refractivity contribution in [3.8, 4) is 0 Å². The second-order valence-electron chi connectivity index (χ2n) is 6.13. The van der Waals surface area contributed by atoms with Crippen molar-refractivity contribution in [3.63, 3.8) is 0 Å². The van der Waals surface area contributed by atoms with Gasteiger partial charge in [0, 0.05) is 5.56 Å². The lowest BCUT2D eigenvalue weighted by atomic mass is 9.95. The Bertz CT molecular complexity index is 984. The highest BCUT2D eigenvalue weighted by Crippen LogP contribution is 2.29. The minimum Gasteiger partial charge on any atom is -0.374 e. The van der Waals surface area contributed by atoms with E-state index in [-0.39, 0.29) is 36.0 Å². The highest BCUT2D eigenvalue weighted by Gasteiger charge is 2.46. The average Bonchev–Trinajstić information content (AvgIpc) is 3.26. The van der Waals surface area contributed by atoms with Gasteiger partial charge in [-0.1, -0.05) is 18.1 Å². The van der Waals surface area contributed by atoms with E-state index < -0.39 is 23.3 Å². The van der Waals surface area contributed by atoms with E-state index in [4.69, 9.17) is 5.73 Å². The molecular formula is C17H18N6O5. The SMILES string of the molecule is CC[C@]1(O)C(=O)N(c2cccc(C(=O)NCc3noc(C(N)=O)n3)c2)N=C1C. The zero-order chi connectivity index (χ0) is 20.5. The number of anilines is 1. The van der Waals surface area contributed by atoms with Crippen LogP contribution in [0.4, 0.5) is 5.69 Å². The summed E-state index contributed by atoms with van der Waals surface area (Å²) in [5.41, 5.74) is 4.26. The van der Waals surface area contributed by atoms with Gasteiger partial charge >= 0.3 is 11.8 Å². The maximum absolute atomic E-state index is 12.5. The Morgan fingerprint density at radius 2 is 2.14 bits per heavy atom. The van der Waals surface area contributed by atoms with Gasteiger partial charge in [0.2, 0.25) is 0 Å². The van der Waals surface area contributed by atoms with Crippen LogP contribution in [0.25, 0.3) is 0 Å². The summed E-state index contributed by atoms with van der Waals surface area (Å²) in [5.74, 6) is -2.17. The van der Waals surface area contributed by atoms with E-state index in [1.807, 2.05) is 0 Å². The second kappa shape index (κ2) is 7.19. The van der Waals surface area contributed by atoms with Crippen molar-refractivity contribution in [3.05, 3.63) is 41.5 Å². The zero-order valence-corrected chi connectivity index (χ0v) is 15.2. The average molecular weight is 386 g/mol. The largest absolute Gasteiger partial charge is 0.374 e. The van der Waals surface area contributed by atoms with E-state index in [1.54, 1.807) is 32.0 Å². The number of hydrogen-bond acceptors (Lipinski definition) is 8. The topological polar surface area (TPSA) is 164 Å². The first-order valence-corrected chi connectivity index (χ1v) is 8.39. The van der Waals surface area contributed by atoms with Crippen LogP contribution >= 0.6 is 0 Å². The lowest BCUT2D eigenvalue weighted by molar-refractivity contribution is -0.129. The minimum atomic E-state index is -1.64. The smallest absolute Gasteiger partial charge is 0.315 e. The third kappa shape index (κ3) is 3.34. The number of primary amides is 1. The molecule has 0 bridgehead atoms. The maximum Gasteiger partial charge on any atom is 0.315 e. The fourth-order valence-electron chi connectivity index (χ4n) is 2.66. The van der Waals surface area contributed by atoms with Crippen LogP contribution in [0.1, 0.15) is 47.1 Å². The number of rotatable bonds is 6. The number of hydrazone groups is 1. The van der Waals surface area contributed by atoms with E-state index in [1.165, 1.54) is 6.07 Å². The maximum atomic E-state index is 12.5. The molecule has 0 saturated carbocycles. The Balaban J connectivity index is 1.73. The number of nitrogens with zero attached hydrogens (tertiary/aromatic N) is 4. The molecule has 28 heavy (non-hydrogen) atoms. The van der Waals surface area contributed by atoms with Crippen LogP contribution in [0.2, 0.25) is 0 Å². The molecule has 2 heterocycles. The molecule has 11 heteroatoms. The lowest BCUT2D eigenvalue weighted by Crippen LogP contribution is -2.45. The number of nitrogens with two attached hydrogens (primary N) is 1. The predicted octanol–water partition coefficient (Wildman–Crippen LogP) is -0.0379. The van der Waals surface area contributed by atoms with E-state index in [9.17, 15) is 19.5 Å². The van der Waals surface area contributed by atoms with Gasteiger partial charge in [0.25, 0.3) is 11.8 Å². The molecule has 0 saturated heterocycles. The third-order valence-corrected chi connectivity index (χ3v) is 4.35. The van der Waals surface area contributed by atoms with Crippen LogP contribution in [0.3, 0.4) is 0 Å². The monoisotopic (exact) mass is 386 g/mol. The van der Waals surface area contributed by atoms with E-state index in [2.05, 4.69) is 25.1 Å². The van der Waals surface area contributed by atoms with E-state index >= 15 is 0 Å². The highest BCUT2D eigenvalue weighted by atomic mass is 16.5. The molecule has 0 unspecified atom stereocenters. The van der Waals surface area contributed by atoms with Gasteiger partial charge < -0.3 is 20.7 Å². The molecule has 0 spiro atoms. The highest BCUT2D eigenvalue weighted by molar-refractivity contribution is 6.21. The molecule has 1 aliphatic rings. The van der Waals surface area contributed by atoms with E-state index in [0.29, 0.717) is 5.69 Å². The molecule has 0 aliphatic carbocycles. The Morgan fingerprint density at radius 3 is 2.75 bits per heavy atom. The van der Waals surface area contributed by atoms with Gasteiger partial charge in [-0.15, -0.1) is 0 Å². The summed E-state index contributed by atoms with van der Waals surface area (Å²) in [7, 11) is 0. The predicted molar refractivity (Wildman–Crippen MR) is 96.3 cm³/mol. The summed E-state index contributed by atoms with van der Waals surface area (Å²) in [5, 5.41) is 21.7. The van der Waals surface area contributed by atoms with Crippen LogP contribution in [-0.2, 0) is 11.3 Å². The Morgan fingerprint density at radius 1 is 1.39 bits per heavy atom. The van der Waals surface area contributed by atoms with Crippen LogP contribution in [0.5, 0.6) is 0 Å². The van der Waals surface area contributed by atoms with Gasteiger partial charge in [-0.3, -0.25) is 14.4 Å². The van der Waals surface area contributed by atoms with Gasteiger partial charge in [-0.2, -0.15) is 15.1 Å². The fourth-order valence-corrected chi connectivity index (χ4v) is 2.66. The Labute approximate surface area is 159 Å². The summed E-state index contributed by atoms with van der Waals surface area (Å²) < 4.78 is 4.63. The summed E-state index contributed by atoms with van der Waals surface area (Å²) in [6.07, 6.45) is 0.190. The molecule has 3 amide bonds. The standard InChI is InChI=1S/C17H18N6O5/c1-3-17(27)9(2)21-23(16(17)26)11-6-4-5-10(7-11)14(25)19-8-12-20-15(13(18)24)28-22-12/h4-7,27H,3,8H2,1-2H3,(H2,18,24)(H,19,25)/t17-/m1/s1. The minimum absolute atomic E-state index is 0.0845. The van der Waals surface area contributed by atoms with Gasteiger partial charge in [0.05, 0.1) is 17.9 Å². The molecule has 0 fully saturated rings. The molecule has 2 aromatic rings. The molecule has 3 rings (SSSR count). The van der Waals surface area contributed by atoms with Crippen molar-refractivity contribution in [1.29, 1.82) is 0 Å². The summed E-state index contributed by atoms with van der Waals surface area (Å²) in [4.78, 5) is 39.6. The Kier molecular flexibility index (Phi) is 4.92. The molecule has 1 aromatic carbocycles. The Hall–Kier alpha value is -3.60. The first-order chi connectivity index (χ1) is 13.3. The zero-order valence-electron chi connectivity index (χ0n) is 15.2. The fraction of sp³-hybridized carbons (Fsp3) is 0.294. The van der Waals surface area contributed by atoms with Crippen molar-refractivity contribution < 1.29 is 24.0 Å². The number of carbonyl (C=O) groups is 3. The number of amides is 3. The molecule has 0 radical (unpaired) electrons. The third-order valence-electron chi connectivity index (χ3n) is 4.35. The number of hydrogen-bond donors (Lipinski definition) is 3. The summed E-state index contributed by atoms with van der Waals surface area (Å²) >= 11 is 0. The number of benzene rings is 1.